The molecular weight excluding hydrogens is 202 g/mol. The molecule has 0 amide bonds. The lowest BCUT2D eigenvalue weighted by Gasteiger charge is -1.99. The number of hydrogen-bond donors (Lipinski definition) is 2. The van der Waals surface area contributed by atoms with Gasteiger partial charge in [0.1, 0.15) is 5.75 Å². The topological polar surface area (TPSA) is 45.2 Å². The Bertz CT molecular complexity index is 488. The first-order valence-electron chi connectivity index (χ1n) is 5.52. The number of rotatable bonds is 4. The van der Waals surface area contributed by atoms with Gasteiger partial charge < -0.3 is 14.8 Å². The summed E-state index contributed by atoms with van der Waals surface area (Å²) in [4.78, 5) is 3.38. The molecule has 0 spiro atoms. The molecule has 3 nitrogen and oxygen atoms in total. The van der Waals surface area contributed by atoms with Crippen LogP contribution in [0, 0.1) is 6.92 Å². The van der Waals surface area contributed by atoms with Crippen molar-refractivity contribution in [3.8, 4) is 5.75 Å². The Morgan fingerprint density at radius 1 is 1.38 bits per heavy atom. The van der Waals surface area contributed by atoms with E-state index in [0.29, 0.717) is 0 Å². The summed E-state index contributed by atoms with van der Waals surface area (Å²) in [6.07, 6.45) is 1.68. The van der Waals surface area contributed by atoms with Crippen molar-refractivity contribution in [2.75, 3.05) is 13.7 Å². The van der Waals surface area contributed by atoms with Crippen LogP contribution in [-0.2, 0) is 6.42 Å². The summed E-state index contributed by atoms with van der Waals surface area (Å²) in [5, 5.41) is 10.0. The first kappa shape index (κ1) is 11.0. The Morgan fingerprint density at radius 2 is 2.19 bits per heavy atom. The van der Waals surface area contributed by atoms with E-state index in [1.165, 1.54) is 16.6 Å². The molecule has 1 aromatic carbocycles. The Morgan fingerprint density at radius 3 is 2.88 bits per heavy atom. The number of benzene rings is 1. The molecule has 0 saturated heterocycles. The molecule has 1 heterocycles. The Balaban J connectivity index is 2.42. The summed E-state index contributed by atoms with van der Waals surface area (Å²) >= 11 is 0. The van der Waals surface area contributed by atoms with Crippen LogP contribution in [0.3, 0.4) is 0 Å². The van der Waals surface area contributed by atoms with E-state index in [9.17, 15) is 0 Å². The molecule has 2 N–H and O–H groups in total. The van der Waals surface area contributed by atoms with Gasteiger partial charge in [0.25, 0.3) is 0 Å². The normalized spacial score (nSPS) is 10.9. The third kappa shape index (κ3) is 1.91. The van der Waals surface area contributed by atoms with Gasteiger partial charge >= 0.3 is 0 Å². The molecule has 2 rings (SSSR count). The monoisotopic (exact) mass is 219 g/mol. The minimum atomic E-state index is 0.234. The van der Waals surface area contributed by atoms with Crippen LogP contribution in [0.15, 0.2) is 18.2 Å². The van der Waals surface area contributed by atoms with E-state index in [-0.39, 0.29) is 6.61 Å². The lowest BCUT2D eigenvalue weighted by atomic mass is 10.1. The lowest BCUT2D eigenvalue weighted by Crippen LogP contribution is -1.91. The smallest absolute Gasteiger partial charge is 0.119 e. The van der Waals surface area contributed by atoms with Crippen LogP contribution >= 0.6 is 0 Å². The van der Waals surface area contributed by atoms with Crippen molar-refractivity contribution in [2.45, 2.75) is 19.8 Å². The third-order valence-electron chi connectivity index (χ3n) is 2.95. The van der Waals surface area contributed by atoms with Crippen LogP contribution in [0.1, 0.15) is 17.7 Å². The van der Waals surface area contributed by atoms with E-state index >= 15 is 0 Å². The fraction of sp³-hybridized carbons (Fsp3) is 0.385. The summed E-state index contributed by atoms with van der Waals surface area (Å²) in [6, 6.07) is 6.03. The lowest BCUT2D eigenvalue weighted by molar-refractivity contribution is 0.288. The van der Waals surface area contributed by atoms with Gasteiger partial charge in [-0.2, -0.15) is 0 Å². The number of aryl methyl sites for hydroxylation is 2. The van der Waals surface area contributed by atoms with Gasteiger partial charge in [0.05, 0.1) is 7.11 Å². The molecule has 86 valence electrons. The molecule has 16 heavy (non-hydrogen) atoms. The van der Waals surface area contributed by atoms with E-state index in [1.807, 2.05) is 18.2 Å². The number of aliphatic hydroxyl groups excluding tert-OH is 1. The molecule has 0 atom stereocenters. The van der Waals surface area contributed by atoms with Crippen LogP contribution in [0.5, 0.6) is 5.75 Å². The highest BCUT2D eigenvalue weighted by molar-refractivity contribution is 5.85. The fourth-order valence-corrected chi connectivity index (χ4v) is 1.99. The van der Waals surface area contributed by atoms with Crippen LogP contribution in [0.2, 0.25) is 0 Å². The number of aromatic nitrogens is 1. The molecule has 0 aliphatic heterocycles. The number of aliphatic hydroxyl groups is 1. The standard InChI is InChI=1S/C13H17NO2/c1-9-11-8-10(16-2)5-6-13(11)14-12(9)4-3-7-15/h5-6,8,14-15H,3-4,7H2,1-2H3. The molecule has 2 aromatic rings. The second-order valence-corrected chi connectivity index (χ2v) is 3.97. The number of H-pyrrole nitrogens is 1. The van der Waals surface area contributed by atoms with E-state index < -0.39 is 0 Å². The highest BCUT2D eigenvalue weighted by Crippen LogP contribution is 2.26. The fourth-order valence-electron chi connectivity index (χ4n) is 1.99. The molecule has 0 aliphatic carbocycles. The minimum Gasteiger partial charge on any atom is -0.497 e. The number of nitrogens with one attached hydrogen (secondary N) is 1. The highest BCUT2D eigenvalue weighted by Gasteiger charge is 2.07. The number of methoxy groups -OCH3 is 1. The van der Waals surface area contributed by atoms with Crippen molar-refractivity contribution in [3.05, 3.63) is 29.5 Å². The van der Waals surface area contributed by atoms with Gasteiger partial charge in [-0.3, -0.25) is 0 Å². The second-order valence-electron chi connectivity index (χ2n) is 3.97. The molecule has 0 bridgehead atoms. The maximum Gasteiger partial charge on any atom is 0.119 e. The molecular formula is C13H17NO2. The minimum absolute atomic E-state index is 0.234. The predicted octanol–water partition coefficient (Wildman–Crippen LogP) is 2.41. The maximum atomic E-state index is 8.84. The highest BCUT2D eigenvalue weighted by atomic mass is 16.5. The summed E-state index contributed by atoms with van der Waals surface area (Å²) < 4.78 is 5.21. The number of aromatic amines is 1. The van der Waals surface area contributed by atoms with Gasteiger partial charge in [0.2, 0.25) is 0 Å². The van der Waals surface area contributed by atoms with Gasteiger partial charge in [-0.05, 0) is 43.5 Å². The van der Waals surface area contributed by atoms with Crippen molar-refractivity contribution in [3.63, 3.8) is 0 Å². The predicted molar refractivity (Wildman–Crippen MR) is 65.0 cm³/mol. The van der Waals surface area contributed by atoms with Gasteiger partial charge in [-0.25, -0.2) is 0 Å². The van der Waals surface area contributed by atoms with Crippen molar-refractivity contribution in [2.24, 2.45) is 0 Å². The van der Waals surface area contributed by atoms with Crippen LogP contribution < -0.4 is 4.74 Å². The van der Waals surface area contributed by atoms with Crippen LogP contribution in [0.4, 0.5) is 0 Å². The Labute approximate surface area is 95.1 Å². The summed E-state index contributed by atoms with van der Waals surface area (Å²) in [6.45, 7) is 2.34. The van der Waals surface area contributed by atoms with Crippen molar-refractivity contribution in [1.29, 1.82) is 0 Å². The van der Waals surface area contributed by atoms with Crippen molar-refractivity contribution in [1.82, 2.24) is 4.98 Å². The molecule has 0 radical (unpaired) electrons. The first-order valence-corrected chi connectivity index (χ1v) is 5.52. The zero-order valence-electron chi connectivity index (χ0n) is 9.71. The Hall–Kier alpha value is -1.48. The third-order valence-corrected chi connectivity index (χ3v) is 2.95. The molecule has 1 aromatic heterocycles. The van der Waals surface area contributed by atoms with Crippen molar-refractivity contribution < 1.29 is 9.84 Å². The molecule has 0 fully saturated rings. The Kier molecular flexibility index (Phi) is 3.15. The van der Waals surface area contributed by atoms with E-state index in [4.69, 9.17) is 9.84 Å². The van der Waals surface area contributed by atoms with Gasteiger partial charge in [-0.15, -0.1) is 0 Å². The summed E-state index contributed by atoms with van der Waals surface area (Å²) in [5.74, 6) is 0.878. The quantitative estimate of drug-likeness (QED) is 0.829. The second kappa shape index (κ2) is 4.58. The van der Waals surface area contributed by atoms with Crippen LogP contribution in [-0.4, -0.2) is 23.8 Å². The molecule has 0 aliphatic rings. The average molecular weight is 219 g/mol. The van der Waals surface area contributed by atoms with Crippen LogP contribution in [0.25, 0.3) is 10.9 Å². The zero-order chi connectivity index (χ0) is 11.5. The zero-order valence-corrected chi connectivity index (χ0v) is 9.71. The van der Waals surface area contributed by atoms with E-state index in [1.54, 1.807) is 7.11 Å². The molecule has 0 unspecified atom stereocenters. The molecule has 3 heteroatoms. The average Bonchev–Trinajstić information content (AvgIpc) is 2.63. The van der Waals surface area contributed by atoms with Gasteiger partial charge in [0.15, 0.2) is 0 Å². The van der Waals surface area contributed by atoms with Gasteiger partial charge in [0, 0.05) is 23.2 Å². The number of ether oxygens (including phenoxy) is 1. The van der Waals surface area contributed by atoms with E-state index in [0.717, 1.165) is 24.1 Å². The first-order chi connectivity index (χ1) is 7.76. The number of fused-ring (bicyclic) bond motifs is 1. The summed E-state index contributed by atoms with van der Waals surface area (Å²) in [7, 11) is 1.68. The molecule has 0 saturated carbocycles. The number of hydrogen-bond acceptors (Lipinski definition) is 2. The largest absolute Gasteiger partial charge is 0.497 e. The SMILES string of the molecule is COc1ccc2[nH]c(CCCO)c(C)c2c1. The van der Waals surface area contributed by atoms with E-state index in [2.05, 4.69) is 11.9 Å². The maximum absolute atomic E-state index is 8.84. The van der Waals surface area contributed by atoms with Gasteiger partial charge in [-0.1, -0.05) is 0 Å². The van der Waals surface area contributed by atoms with Crippen molar-refractivity contribution >= 4 is 10.9 Å². The summed E-state index contributed by atoms with van der Waals surface area (Å²) in [5.41, 5.74) is 3.59.